The molecule has 0 bridgehead atoms. The van der Waals surface area contributed by atoms with Gasteiger partial charge in [0.2, 0.25) is 0 Å². The third-order valence-electron chi connectivity index (χ3n) is 3.55. The van der Waals surface area contributed by atoms with Gasteiger partial charge in [0.15, 0.2) is 9.84 Å². The van der Waals surface area contributed by atoms with Crippen LogP contribution in [0.3, 0.4) is 0 Å². The Labute approximate surface area is 108 Å². The van der Waals surface area contributed by atoms with Crippen molar-refractivity contribution in [2.24, 2.45) is 5.41 Å². The molecule has 0 heterocycles. The topological polar surface area (TPSA) is 66.4 Å². The Hall–Kier alpha value is -1.07. The van der Waals surface area contributed by atoms with Crippen LogP contribution < -0.4 is 5.32 Å². The number of anilines is 1. The van der Waals surface area contributed by atoms with Gasteiger partial charge in [-0.15, -0.1) is 0 Å². The Morgan fingerprint density at radius 3 is 2.56 bits per heavy atom. The fourth-order valence-electron chi connectivity index (χ4n) is 1.89. The van der Waals surface area contributed by atoms with Gasteiger partial charge in [-0.25, -0.2) is 8.42 Å². The summed E-state index contributed by atoms with van der Waals surface area (Å²) >= 11 is 0. The number of hydrogen-bond acceptors (Lipinski definition) is 4. The van der Waals surface area contributed by atoms with Crippen LogP contribution in [0.25, 0.3) is 0 Å². The quantitative estimate of drug-likeness (QED) is 0.824. The number of sulfone groups is 1. The molecule has 100 valence electrons. The summed E-state index contributed by atoms with van der Waals surface area (Å²) in [6, 6.07) is 6.94. The van der Waals surface area contributed by atoms with Crippen molar-refractivity contribution in [2.45, 2.75) is 24.7 Å². The van der Waals surface area contributed by atoms with Crippen LogP contribution in [0.5, 0.6) is 0 Å². The minimum Gasteiger partial charge on any atom is -0.396 e. The number of para-hydroxylation sites is 1. The Morgan fingerprint density at radius 2 is 2.00 bits per heavy atom. The molecular formula is C13H19NO3S. The second-order valence-electron chi connectivity index (χ2n) is 4.91. The van der Waals surface area contributed by atoms with Crippen molar-refractivity contribution >= 4 is 15.5 Å². The van der Waals surface area contributed by atoms with Gasteiger partial charge in [0.1, 0.15) is 0 Å². The number of aliphatic hydroxyl groups excluding tert-OH is 1. The second kappa shape index (κ2) is 4.90. The van der Waals surface area contributed by atoms with E-state index < -0.39 is 9.84 Å². The van der Waals surface area contributed by atoms with Gasteiger partial charge in [-0.2, -0.15) is 0 Å². The Kier molecular flexibility index (Phi) is 3.64. The van der Waals surface area contributed by atoms with E-state index in [9.17, 15) is 13.5 Å². The Morgan fingerprint density at radius 1 is 1.33 bits per heavy atom. The molecule has 0 aromatic heterocycles. The maximum absolute atomic E-state index is 11.9. The molecule has 5 heteroatoms. The minimum absolute atomic E-state index is 0.0386. The van der Waals surface area contributed by atoms with Crippen LogP contribution in [0, 0.1) is 5.41 Å². The molecule has 18 heavy (non-hydrogen) atoms. The minimum atomic E-state index is -3.21. The first-order valence-electron chi connectivity index (χ1n) is 6.19. The molecular weight excluding hydrogens is 250 g/mol. The second-order valence-corrected chi connectivity index (χ2v) is 7.16. The molecule has 0 radical (unpaired) electrons. The molecule has 1 fully saturated rings. The molecule has 0 spiro atoms. The average molecular weight is 269 g/mol. The zero-order valence-electron chi connectivity index (χ0n) is 10.5. The highest BCUT2D eigenvalue weighted by molar-refractivity contribution is 7.91. The van der Waals surface area contributed by atoms with Crippen molar-refractivity contribution in [1.29, 1.82) is 0 Å². The van der Waals surface area contributed by atoms with Gasteiger partial charge in [0, 0.05) is 12.0 Å². The van der Waals surface area contributed by atoms with E-state index in [0.29, 0.717) is 17.1 Å². The highest BCUT2D eigenvalue weighted by Crippen LogP contribution is 2.45. The van der Waals surface area contributed by atoms with Gasteiger partial charge in [-0.05, 0) is 25.0 Å². The maximum Gasteiger partial charge on any atom is 0.180 e. The summed E-state index contributed by atoms with van der Waals surface area (Å²) in [7, 11) is -3.21. The molecule has 1 aliphatic carbocycles. The lowest BCUT2D eigenvalue weighted by molar-refractivity contribution is 0.219. The SMILES string of the molecule is CCS(=O)(=O)c1ccccc1NCC1(CO)CC1. The van der Waals surface area contributed by atoms with Crippen LogP contribution >= 0.6 is 0 Å². The van der Waals surface area contributed by atoms with Gasteiger partial charge in [0.25, 0.3) is 0 Å². The normalized spacial score (nSPS) is 17.4. The van der Waals surface area contributed by atoms with Gasteiger partial charge < -0.3 is 10.4 Å². The van der Waals surface area contributed by atoms with Crippen LogP contribution in [0.2, 0.25) is 0 Å². The molecule has 0 amide bonds. The van der Waals surface area contributed by atoms with Gasteiger partial charge >= 0.3 is 0 Å². The molecule has 1 aliphatic rings. The van der Waals surface area contributed by atoms with Gasteiger partial charge in [0.05, 0.1) is 22.9 Å². The predicted octanol–water partition coefficient (Wildman–Crippen LogP) is 1.66. The molecule has 0 aliphatic heterocycles. The lowest BCUT2D eigenvalue weighted by Gasteiger charge is -2.16. The van der Waals surface area contributed by atoms with E-state index in [0.717, 1.165) is 12.8 Å². The summed E-state index contributed by atoms with van der Waals surface area (Å²) < 4.78 is 23.9. The zero-order chi connectivity index (χ0) is 13.2. The monoisotopic (exact) mass is 269 g/mol. The molecule has 2 rings (SSSR count). The van der Waals surface area contributed by atoms with E-state index in [1.165, 1.54) is 0 Å². The number of nitrogens with one attached hydrogen (secondary N) is 1. The lowest BCUT2D eigenvalue weighted by Crippen LogP contribution is -2.20. The van der Waals surface area contributed by atoms with Crippen LogP contribution in [0.4, 0.5) is 5.69 Å². The average Bonchev–Trinajstić information content (AvgIpc) is 3.17. The van der Waals surface area contributed by atoms with Gasteiger partial charge in [-0.3, -0.25) is 0 Å². The molecule has 1 saturated carbocycles. The van der Waals surface area contributed by atoms with Crippen molar-refractivity contribution in [1.82, 2.24) is 0 Å². The van der Waals surface area contributed by atoms with Crippen molar-refractivity contribution in [3.05, 3.63) is 24.3 Å². The summed E-state index contributed by atoms with van der Waals surface area (Å²) in [5.74, 6) is 0.0941. The molecule has 0 saturated heterocycles. The van der Waals surface area contributed by atoms with Gasteiger partial charge in [-0.1, -0.05) is 19.1 Å². The number of rotatable bonds is 6. The molecule has 2 N–H and O–H groups in total. The van der Waals surface area contributed by atoms with E-state index in [4.69, 9.17) is 0 Å². The molecule has 1 aromatic rings. The van der Waals surface area contributed by atoms with E-state index >= 15 is 0 Å². The molecule has 0 unspecified atom stereocenters. The number of benzene rings is 1. The molecule has 1 aromatic carbocycles. The largest absolute Gasteiger partial charge is 0.396 e. The van der Waals surface area contributed by atoms with Crippen molar-refractivity contribution in [2.75, 3.05) is 24.2 Å². The van der Waals surface area contributed by atoms with Crippen molar-refractivity contribution in [3.8, 4) is 0 Å². The first kappa shape index (κ1) is 13.4. The van der Waals surface area contributed by atoms with Crippen molar-refractivity contribution < 1.29 is 13.5 Å². The highest BCUT2D eigenvalue weighted by Gasteiger charge is 2.41. The third kappa shape index (κ3) is 2.67. The van der Waals surface area contributed by atoms with Crippen LogP contribution in [0.15, 0.2) is 29.2 Å². The van der Waals surface area contributed by atoms with E-state index in [2.05, 4.69) is 5.32 Å². The number of hydrogen-bond donors (Lipinski definition) is 2. The Balaban J connectivity index is 2.18. The summed E-state index contributed by atoms with van der Waals surface area (Å²) in [6.45, 7) is 2.42. The fourth-order valence-corrected chi connectivity index (χ4v) is 2.96. The third-order valence-corrected chi connectivity index (χ3v) is 5.33. The standard InChI is InChI=1S/C13H19NO3S/c1-2-18(16,17)12-6-4-3-5-11(12)14-9-13(10-15)7-8-13/h3-6,14-15H,2,7-10H2,1H3. The molecule has 4 nitrogen and oxygen atoms in total. The van der Waals surface area contributed by atoms with E-state index in [1.807, 2.05) is 6.07 Å². The predicted molar refractivity (Wildman–Crippen MR) is 71.4 cm³/mol. The van der Waals surface area contributed by atoms with Crippen LogP contribution in [-0.2, 0) is 9.84 Å². The van der Waals surface area contributed by atoms with E-state index in [1.54, 1.807) is 25.1 Å². The zero-order valence-corrected chi connectivity index (χ0v) is 11.3. The first-order valence-corrected chi connectivity index (χ1v) is 7.85. The smallest absolute Gasteiger partial charge is 0.180 e. The summed E-state index contributed by atoms with van der Waals surface area (Å²) in [5.41, 5.74) is 0.599. The van der Waals surface area contributed by atoms with Crippen molar-refractivity contribution in [3.63, 3.8) is 0 Å². The summed E-state index contributed by atoms with van der Waals surface area (Å²) in [6.07, 6.45) is 2.00. The maximum atomic E-state index is 11.9. The summed E-state index contributed by atoms with van der Waals surface area (Å²) in [4.78, 5) is 0.348. The lowest BCUT2D eigenvalue weighted by atomic mass is 10.1. The fraction of sp³-hybridized carbons (Fsp3) is 0.538. The highest BCUT2D eigenvalue weighted by atomic mass is 32.2. The van der Waals surface area contributed by atoms with E-state index in [-0.39, 0.29) is 17.8 Å². The summed E-state index contributed by atoms with van der Waals surface area (Å²) in [5, 5.41) is 12.4. The first-order chi connectivity index (χ1) is 8.53. The number of aliphatic hydroxyl groups is 1. The van der Waals surface area contributed by atoms with Crippen LogP contribution in [0.1, 0.15) is 19.8 Å². The molecule has 0 atom stereocenters. The Bertz CT molecular complexity index is 521. The van der Waals surface area contributed by atoms with Crippen LogP contribution in [-0.4, -0.2) is 32.4 Å².